The van der Waals surface area contributed by atoms with Gasteiger partial charge >= 0.3 is 0 Å². The van der Waals surface area contributed by atoms with Crippen LogP contribution in [0.1, 0.15) is 51.4 Å². The number of aromatic nitrogens is 3. The van der Waals surface area contributed by atoms with Gasteiger partial charge in [0.1, 0.15) is 0 Å². The van der Waals surface area contributed by atoms with Gasteiger partial charge in [0.15, 0.2) is 0 Å². The van der Waals surface area contributed by atoms with E-state index in [1.54, 1.807) is 0 Å². The van der Waals surface area contributed by atoms with Gasteiger partial charge in [-0.2, -0.15) is 5.10 Å². The first-order valence-corrected chi connectivity index (χ1v) is 7.99. The number of nitrogens with one attached hydrogen (secondary N) is 1. The van der Waals surface area contributed by atoms with E-state index < -0.39 is 0 Å². The summed E-state index contributed by atoms with van der Waals surface area (Å²) >= 11 is 0. The molecule has 0 spiro atoms. The number of anilines is 1. The molecule has 0 saturated carbocycles. The molecule has 1 aliphatic heterocycles. The number of hydrogen-bond donors (Lipinski definition) is 1. The third-order valence-corrected chi connectivity index (χ3v) is 3.94. The molecule has 5 heteroatoms. The first kappa shape index (κ1) is 15.2. The Hall–Kier alpha value is -1.23. The van der Waals surface area contributed by atoms with E-state index in [1.165, 1.54) is 19.3 Å². The predicted octanol–water partition coefficient (Wildman–Crippen LogP) is 1.96. The summed E-state index contributed by atoms with van der Waals surface area (Å²) in [7, 11) is 0. The lowest BCUT2D eigenvalue weighted by atomic mass is 10.2. The van der Waals surface area contributed by atoms with E-state index in [0.717, 1.165) is 49.8 Å². The normalized spacial score (nSPS) is 18.8. The Bertz CT molecular complexity index is 421. The van der Waals surface area contributed by atoms with Gasteiger partial charge in [0, 0.05) is 19.1 Å². The van der Waals surface area contributed by atoms with Gasteiger partial charge in [-0.1, -0.05) is 20.8 Å². The van der Waals surface area contributed by atoms with Crippen LogP contribution in [0.5, 0.6) is 0 Å². The number of rotatable bonds is 7. The fourth-order valence-corrected chi connectivity index (χ4v) is 2.81. The summed E-state index contributed by atoms with van der Waals surface area (Å²) in [5.41, 5.74) is 2.14. The summed E-state index contributed by atoms with van der Waals surface area (Å²) in [6.45, 7) is 9.60. The lowest BCUT2D eigenvalue weighted by Crippen LogP contribution is -2.39. The van der Waals surface area contributed by atoms with Gasteiger partial charge in [-0.05, 0) is 38.6 Å². The van der Waals surface area contributed by atoms with Gasteiger partial charge < -0.3 is 10.2 Å². The van der Waals surface area contributed by atoms with Gasteiger partial charge in [-0.3, -0.25) is 0 Å². The Morgan fingerprint density at radius 2 is 1.95 bits per heavy atom. The third-order valence-electron chi connectivity index (χ3n) is 3.94. The van der Waals surface area contributed by atoms with Gasteiger partial charge in [0.05, 0.1) is 11.4 Å². The van der Waals surface area contributed by atoms with E-state index in [-0.39, 0.29) is 0 Å². The molecule has 0 radical (unpaired) electrons. The molecule has 112 valence electrons. The van der Waals surface area contributed by atoms with Crippen LogP contribution in [0.15, 0.2) is 0 Å². The van der Waals surface area contributed by atoms with Crippen LogP contribution >= 0.6 is 0 Å². The minimum absolute atomic E-state index is 0.514. The molecule has 20 heavy (non-hydrogen) atoms. The van der Waals surface area contributed by atoms with Gasteiger partial charge in [0.2, 0.25) is 5.95 Å². The van der Waals surface area contributed by atoms with E-state index in [1.807, 2.05) is 0 Å². The molecule has 1 aromatic heterocycles. The maximum absolute atomic E-state index is 4.75. The maximum atomic E-state index is 4.75. The Balaban J connectivity index is 2.09. The van der Waals surface area contributed by atoms with Crippen LogP contribution in [-0.2, 0) is 12.8 Å². The van der Waals surface area contributed by atoms with Crippen molar-refractivity contribution in [2.45, 2.75) is 58.9 Å². The van der Waals surface area contributed by atoms with E-state index in [0.29, 0.717) is 6.04 Å². The highest BCUT2D eigenvalue weighted by atomic mass is 15.3. The zero-order chi connectivity index (χ0) is 14.4. The van der Waals surface area contributed by atoms with E-state index in [9.17, 15) is 0 Å². The Morgan fingerprint density at radius 1 is 1.15 bits per heavy atom. The second kappa shape index (κ2) is 7.53. The minimum Gasteiger partial charge on any atom is -0.335 e. The van der Waals surface area contributed by atoms with Crippen LogP contribution in [0, 0.1) is 0 Å². The van der Waals surface area contributed by atoms with E-state index in [2.05, 4.69) is 41.2 Å². The number of aryl methyl sites for hydroxylation is 2. The molecule has 1 N–H and O–H groups in total. The second-order valence-electron chi connectivity index (χ2n) is 5.41. The van der Waals surface area contributed by atoms with Crippen molar-refractivity contribution in [2.24, 2.45) is 0 Å². The molecular formula is C15H27N5. The summed E-state index contributed by atoms with van der Waals surface area (Å²) in [6, 6.07) is 0.514. The highest BCUT2D eigenvalue weighted by Gasteiger charge is 2.27. The second-order valence-corrected chi connectivity index (χ2v) is 5.41. The molecular weight excluding hydrogens is 250 g/mol. The van der Waals surface area contributed by atoms with Crippen molar-refractivity contribution < 1.29 is 0 Å². The largest absolute Gasteiger partial charge is 0.335 e. The summed E-state index contributed by atoms with van der Waals surface area (Å²) in [5.74, 6) is 0.819. The zero-order valence-electron chi connectivity index (χ0n) is 13.0. The molecule has 1 aliphatic rings. The van der Waals surface area contributed by atoms with Crippen molar-refractivity contribution >= 4 is 5.95 Å². The van der Waals surface area contributed by atoms with Crippen molar-refractivity contribution in [3.05, 3.63) is 11.4 Å². The fourth-order valence-electron chi connectivity index (χ4n) is 2.81. The molecule has 1 unspecified atom stereocenters. The number of nitrogens with zero attached hydrogens (tertiary/aromatic N) is 4. The average molecular weight is 277 g/mol. The molecule has 1 aromatic rings. The number of hydrogen-bond acceptors (Lipinski definition) is 5. The lowest BCUT2D eigenvalue weighted by Gasteiger charge is -2.25. The summed E-state index contributed by atoms with van der Waals surface area (Å²) in [4.78, 5) is 7.07. The fraction of sp³-hybridized carbons (Fsp3) is 0.800. The molecule has 5 nitrogen and oxygen atoms in total. The van der Waals surface area contributed by atoms with Crippen molar-refractivity contribution in [3.63, 3.8) is 0 Å². The quantitative estimate of drug-likeness (QED) is 0.772. The standard InChI is InChI=1S/C15H27N5/c1-4-9-16-11-12-8-7-10-20(12)15-17-13(5-2)14(6-3)18-19-15/h12,16H,4-11H2,1-3H3. The average Bonchev–Trinajstić information content (AvgIpc) is 2.95. The molecule has 0 aliphatic carbocycles. The summed E-state index contributed by atoms with van der Waals surface area (Å²) in [5, 5.41) is 12.2. The zero-order valence-corrected chi connectivity index (χ0v) is 13.0. The van der Waals surface area contributed by atoms with Crippen LogP contribution in [0.2, 0.25) is 0 Å². The smallest absolute Gasteiger partial charge is 0.245 e. The van der Waals surface area contributed by atoms with Crippen LogP contribution in [-0.4, -0.2) is 40.9 Å². The lowest BCUT2D eigenvalue weighted by molar-refractivity contribution is 0.562. The molecule has 1 atom stereocenters. The first-order chi connectivity index (χ1) is 9.80. The SMILES string of the molecule is CCCNCC1CCCN1c1nnc(CC)c(CC)n1. The minimum atomic E-state index is 0.514. The monoisotopic (exact) mass is 277 g/mol. The predicted molar refractivity (Wildman–Crippen MR) is 82.1 cm³/mol. The highest BCUT2D eigenvalue weighted by molar-refractivity contribution is 5.34. The Labute approximate surface area is 122 Å². The highest BCUT2D eigenvalue weighted by Crippen LogP contribution is 2.22. The molecule has 0 bridgehead atoms. The van der Waals surface area contributed by atoms with Crippen LogP contribution < -0.4 is 10.2 Å². The molecule has 2 rings (SSSR count). The van der Waals surface area contributed by atoms with Crippen molar-refractivity contribution in [3.8, 4) is 0 Å². The van der Waals surface area contributed by atoms with Crippen LogP contribution in [0.25, 0.3) is 0 Å². The van der Waals surface area contributed by atoms with E-state index >= 15 is 0 Å². The van der Waals surface area contributed by atoms with Crippen LogP contribution in [0.4, 0.5) is 5.95 Å². The summed E-state index contributed by atoms with van der Waals surface area (Å²) < 4.78 is 0. The van der Waals surface area contributed by atoms with Gasteiger partial charge in [-0.15, -0.1) is 5.10 Å². The topological polar surface area (TPSA) is 53.9 Å². The Morgan fingerprint density at radius 3 is 2.65 bits per heavy atom. The van der Waals surface area contributed by atoms with Crippen molar-refractivity contribution in [2.75, 3.05) is 24.5 Å². The molecule has 1 saturated heterocycles. The van der Waals surface area contributed by atoms with Crippen molar-refractivity contribution in [1.29, 1.82) is 0 Å². The van der Waals surface area contributed by atoms with Gasteiger partial charge in [0.25, 0.3) is 0 Å². The first-order valence-electron chi connectivity index (χ1n) is 7.99. The molecule has 0 aromatic carbocycles. The molecule has 1 fully saturated rings. The Kier molecular flexibility index (Phi) is 5.71. The maximum Gasteiger partial charge on any atom is 0.245 e. The van der Waals surface area contributed by atoms with E-state index in [4.69, 9.17) is 4.98 Å². The summed E-state index contributed by atoms with van der Waals surface area (Å²) in [6.07, 6.45) is 5.45. The molecule has 0 amide bonds. The molecule has 2 heterocycles. The van der Waals surface area contributed by atoms with Gasteiger partial charge in [-0.25, -0.2) is 4.98 Å². The van der Waals surface area contributed by atoms with Crippen molar-refractivity contribution in [1.82, 2.24) is 20.5 Å². The van der Waals surface area contributed by atoms with Crippen LogP contribution in [0.3, 0.4) is 0 Å². The third kappa shape index (κ3) is 3.45.